The molecular weight excluding hydrogens is 300 g/mol. The number of carbonyl (C=O) groups is 2. The van der Waals surface area contributed by atoms with Crippen LogP contribution in [-0.4, -0.2) is 21.6 Å². The number of fused-ring (bicyclic) bond motifs is 1. The number of primary amides is 1. The molecule has 1 atom stereocenters. The number of nitrogens with zero attached hydrogens (tertiary/aromatic N) is 2. The Bertz CT molecular complexity index is 747. The Morgan fingerprint density at radius 1 is 1.50 bits per heavy atom. The normalized spacial score (nSPS) is 17.1. The van der Waals surface area contributed by atoms with Gasteiger partial charge in [0.05, 0.1) is 17.3 Å². The molecule has 2 heterocycles. The van der Waals surface area contributed by atoms with Crippen LogP contribution in [0.5, 0.6) is 0 Å². The third-order valence-electron chi connectivity index (χ3n) is 3.95. The number of aryl methyl sites for hydroxylation is 1. The number of hydrogen-bond donors (Lipinski definition) is 2. The van der Waals surface area contributed by atoms with E-state index in [1.54, 1.807) is 17.9 Å². The van der Waals surface area contributed by atoms with Crippen molar-refractivity contribution in [2.75, 3.05) is 5.32 Å². The molecule has 22 heavy (non-hydrogen) atoms. The van der Waals surface area contributed by atoms with Crippen molar-refractivity contribution in [1.82, 2.24) is 9.78 Å². The van der Waals surface area contributed by atoms with Crippen LogP contribution < -0.4 is 11.1 Å². The van der Waals surface area contributed by atoms with Gasteiger partial charge in [-0.1, -0.05) is 6.92 Å². The largest absolute Gasteiger partial charge is 0.365 e. The molecule has 2 aromatic heterocycles. The van der Waals surface area contributed by atoms with Crippen molar-refractivity contribution >= 4 is 28.2 Å². The first-order valence-electron chi connectivity index (χ1n) is 7.20. The first-order valence-corrected chi connectivity index (χ1v) is 8.01. The standard InChI is InChI=1S/C15H18N4O2S/c1-8-3-4-10-11(5-8)22-15(12(10)13(16)20)18-14(21)9-6-17-19(2)7-9/h6-8H,3-5H2,1-2H3,(H2,16,20)(H,18,21)/t8-/m0/s1. The quantitative estimate of drug-likeness (QED) is 0.906. The van der Waals surface area contributed by atoms with E-state index in [0.29, 0.717) is 22.0 Å². The third-order valence-corrected chi connectivity index (χ3v) is 5.12. The summed E-state index contributed by atoms with van der Waals surface area (Å²) in [6.45, 7) is 2.19. The van der Waals surface area contributed by atoms with Gasteiger partial charge >= 0.3 is 0 Å². The highest BCUT2D eigenvalue weighted by molar-refractivity contribution is 7.17. The molecule has 116 valence electrons. The number of amides is 2. The van der Waals surface area contributed by atoms with Gasteiger partial charge in [0.15, 0.2) is 0 Å². The van der Waals surface area contributed by atoms with E-state index in [1.165, 1.54) is 17.5 Å². The van der Waals surface area contributed by atoms with Gasteiger partial charge < -0.3 is 11.1 Å². The van der Waals surface area contributed by atoms with Gasteiger partial charge in [-0.05, 0) is 30.7 Å². The zero-order valence-electron chi connectivity index (χ0n) is 12.5. The molecule has 1 aliphatic carbocycles. The summed E-state index contributed by atoms with van der Waals surface area (Å²) in [4.78, 5) is 25.3. The minimum atomic E-state index is -0.478. The number of hydrogen-bond acceptors (Lipinski definition) is 4. The van der Waals surface area contributed by atoms with Gasteiger partial charge in [-0.3, -0.25) is 14.3 Å². The Labute approximate surface area is 132 Å². The summed E-state index contributed by atoms with van der Waals surface area (Å²) in [5.74, 6) is -0.162. The fourth-order valence-electron chi connectivity index (χ4n) is 2.81. The maximum Gasteiger partial charge on any atom is 0.259 e. The molecule has 3 rings (SSSR count). The second-order valence-electron chi connectivity index (χ2n) is 5.78. The molecule has 0 aromatic carbocycles. The fraction of sp³-hybridized carbons (Fsp3) is 0.400. The molecule has 0 unspecified atom stereocenters. The van der Waals surface area contributed by atoms with E-state index < -0.39 is 5.91 Å². The lowest BCUT2D eigenvalue weighted by molar-refractivity contribution is 0.1000. The summed E-state index contributed by atoms with van der Waals surface area (Å²) >= 11 is 1.46. The number of nitrogens with one attached hydrogen (secondary N) is 1. The van der Waals surface area contributed by atoms with Crippen LogP contribution in [0.25, 0.3) is 0 Å². The van der Waals surface area contributed by atoms with E-state index in [4.69, 9.17) is 5.73 Å². The maximum absolute atomic E-state index is 12.3. The van der Waals surface area contributed by atoms with Crippen molar-refractivity contribution in [3.63, 3.8) is 0 Å². The Morgan fingerprint density at radius 3 is 2.91 bits per heavy atom. The first kappa shape index (κ1) is 14.8. The molecule has 2 aromatic rings. The van der Waals surface area contributed by atoms with Crippen LogP contribution in [-0.2, 0) is 19.9 Å². The van der Waals surface area contributed by atoms with Crippen LogP contribution in [0, 0.1) is 5.92 Å². The molecule has 7 heteroatoms. The Morgan fingerprint density at radius 2 is 2.27 bits per heavy atom. The molecule has 6 nitrogen and oxygen atoms in total. The smallest absolute Gasteiger partial charge is 0.259 e. The molecular formula is C15H18N4O2S. The van der Waals surface area contributed by atoms with Crippen LogP contribution in [0.4, 0.5) is 5.00 Å². The molecule has 2 amide bonds. The van der Waals surface area contributed by atoms with Crippen LogP contribution >= 0.6 is 11.3 Å². The average molecular weight is 318 g/mol. The summed E-state index contributed by atoms with van der Waals surface area (Å²) in [5.41, 5.74) is 7.48. The molecule has 3 N–H and O–H groups in total. The highest BCUT2D eigenvalue weighted by Crippen LogP contribution is 2.39. The van der Waals surface area contributed by atoms with E-state index in [1.807, 2.05) is 0 Å². The summed E-state index contributed by atoms with van der Waals surface area (Å²) in [6, 6.07) is 0. The molecule has 0 saturated heterocycles. The Balaban J connectivity index is 1.93. The highest BCUT2D eigenvalue weighted by Gasteiger charge is 2.27. The number of carbonyl (C=O) groups excluding carboxylic acids is 2. The molecule has 1 aliphatic rings. The van der Waals surface area contributed by atoms with Crippen molar-refractivity contribution < 1.29 is 9.59 Å². The second kappa shape index (κ2) is 5.57. The molecule has 0 radical (unpaired) electrons. The second-order valence-corrected chi connectivity index (χ2v) is 6.88. The molecule has 0 spiro atoms. The summed E-state index contributed by atoms with van der Waals surface area (Å²) < 4.78 is 1.56. The van der Waals surface area contributed by atoms with Gasteiger partial charge in [0.2, 0.25) is 0 Å². The summed E-state index contributed by atoms with van der Waals surface area (Å²) in [6.07, 6.45) is 5.95. The zero-order valence-corrected chi connectivity index (χ0v) is 13.4. The van der Waals surface area contributed by atoms with Crippen molar-refractivity contribution in [3.8, 4) is 0 Å². The van der Waals surface area contributed by atoms with Crippen LogP contribution in [0.15, 0.2) is 12.4 Å². The third kappa shape index (κ3) is 2.64. The molecule has 0 saturated carbocycles. The van der Waals surface area contributed by atoms with Crippen molar-refractivity contribution in [2.45, 2.75) is 26.2 Å². The van der Waals surface area contributed by atoms with E-state index >= 15 is 0 Å². The predicted octanol–water partition coefficient (Wildman–Crippen LogP) is 1.96. The molecule has 0 bridgehead atoms. The number of nitrogens with two attached hydrogens (primary N) is 1. The zero-order chi connectivity index (χ0) is 15.9. The van der Waals surface area contributed by atoms with Crippen LogP contribution in [0.3, 0.4) is 0 Å². The van der Waals surface area contributed by atoms with Crippen molar-refractivity contribution in [1.29, 1.82) is 0 Å². The van der Waals surface area contributed by atoms with Gasteiger partial charge in [-0.2, -0.15) is 5.10 Å². The van der Waals surface area contributed by atoms with E-state index in [0.717, 1.165) is 29.7 Å². The predicted molar refractivity (Wildman–Crippen MR) is 85.2 cm³/mol. The molecule has 0 fully saturated rings. The lowest BCUT2D eigenvalue weighted by Crippen LogP contribution is -2.19. The number of aromatic nitrogens is 2. The minimum Gasteiger partial charge on any atom is -0.365 e. The average Bonchev–Trinajstić information content (AvgIpc) is 3.01. The number of thiophene rings is 1. The van der Waals surface area contributed by atoms with E-state index in [-0.39, 0.29) is 5.91 Å². The maximum atomic E-state index is 12.3. The molecule has 0 aliphatic heterocycles. The van der Waals surface area contributed by atoms with E-state index in [9.17, 15) is 9.59 Å². The monoisotopic (exact) mass is 318 g/mol. The van der Waals surface area contributed by atoms with Gasteiger partial charge in [0.1, 0.15) is 5.00 Å². The van der Waals surface area contributed by atoms with Crippen LogP contribution in [0.2, 0.25) is 0 Å². The summed E-state index contributed by atoms with van der Waals surface area (Å²) in [5, 5.41) is 7.35. The number of anilines is 1. The lowest BCUT2D eigenvalue weighted by atomic mass is 9.88. The van der Waals surface area contributed by atoms with Gasteiger partial charge in [-0.25, -0.2) is 0 Å². The SMILES string of the molecule is C[C@H]1CCc2c(sc(NC(=O)c3cnn(C)c3)c2C(N)=O)C1. The van der Waals surface area contributed by atoms with Crippen molar-refractivity contribution in [2.24, 2.45) is 18.7 Å². The first-order chi connectivity index (χ1) is 10.5. The Hall–Kier alpha value is -2.15. The van der Waals surface area contributed by atoms with Gasteiger partial charge in [0.25, 0.3) is 11.8 Å². The number of rotatable bonds is 3. The van der Waals surface area contributed by atoms with Crippen LogP contribution in [0.1, 0.15) is 44.5 Å². The fourth-order valence-corrected chi connectivity index (χ4v) is 4.22. The highest BCUT2D eigenvalue weighted by atomic mass is 32.1. The Kier molecular flexibility index (Phi) is 3.74. The topological polar surface area (TPSA) is 90.0 Å². The van der Waals surface area contributed by atoms with Gasteiger partial charge in [0, 0.05) is 18.1 Å². The van der Waals surface area contributed by atoms with Gasteiger partial charge in [-0.15, -0.1) is 11.3 Å². The van der Waals surface area contributed by atoms with Crippen molar-refractivity contribution in [3.05, 3.63) is 34.0 Å². The minimum absolute atomic E-state index is 0.276. The lowest BCUT2D eigenvalue weighted by Gasteiger charge is -2.18. The summed E-state index contributed by atoms with van der Waals surface area (Å²) in [7, 11) is 1.75. The van der Waals surface area contributed by atoms with E-state index in [2.05, 4.69) is 17.3 Å².